The van der Waals surface area contributed by atoms with Crippen LogP contribution in [-0.4, -0.2) is 27.6 Å². The van der Waals surface area contributed by atoms with Crippen molar-refractivity contribution in [3.63, 3.8) is 0 Å². The number of amides is 1. The zero-order chi connectivity index (χ0) is 22.0. The van der Waals surface area contributed by atoms with Crippen molar-refractivity contribution < 1.29 is 9.53 Å². The van der Waals surface area contributed by atoms with E-state index in [1.807, 2.05) is 37.3 Å². The molecule has 0 radical (unpaired) electrons. The first-order valence-electron chi connectivity index (χ1n) is 9.85. The maximum Gasteiger partial charge on any atom is 0.278 e. The number of carbonyl (C=O) groups is 1. The molecule has 0 fully saturated rings. The van der Waals surface area contributed by atoms with Crippen molar-refractivity contribution in [1.29, 1.82) is 0 Å². The first-order chi connectivity index (χ1) is 15.0. The summed E-state index contributed by atoms with van der Waals surface area (Å²) in [6, 6.07) is 17.8. The number of methoxy groups -OCH3 is 1. The molecular weight excluding hydrogens is 392 g/mol. The van der Waals surface area contributed by atoms with E-state index >= 15 is 0 Å². The molecule has 7 heteroatoms. The lowest BCUT2D eigenvalue weighted by atomic mass is 10.1. The van der Waals surface area contributed by atoms with Crippen LogP contribution < -0.4 is 15.6 Å². The summed E-state index contributed by atoms with van der Waals surface area (Å²) in [6.07, 6.45) is 1.63. The van der Waals surface area contributed by atoms with Gasteiger partial charge in [-0.05, 0) is 48.9 Å². The van der Waals surface area contributed by atoms with Crippen LogP contribution in [0, 0.1) is 0 Å². The molecule has 0 saturated heterocycles. The van der Waals surface area contributed by atoms with E-state index in [4.69, 9.17) is 4.74 Å². The maximum absolute atomic E-state index is 12.7. The van der Waals surface area contributed by atoms with E-state index in [2.05, 4.69) is 15.3 Å². The number of aryl methyl sites for hydroxylation is 1. The van der Waals surface area contributed by atoms with Gasteiger partial charge in [0.25, 0.3) is 11.5 Å². The second-order valence-electron chi connectivity index (χ2n) is 7.22. The Morgan fingerprint density at radius 2 is 1.77 bits per heavy atom. The Morgan fingerprint density at radius 1 is 1.06 bits per heavy atom. The number of ether oxygens (including phenoxy) is 1. The highest BCUT2D eigenvalue weighted by Crippen LogP contribution is 2.19. The van der Waals surface area contributed by atoms with E-state index in [1.54, 1.807) is 50.7 Å². The molecule has 0 aliphatic rings. The van der Waals surface area contributed by atoms with Crippen LogP contribution in [0.25, 0.3) is 22.4 Å². The van der Waals surface area contributed by atoms with E-state index < -0.39 is 0 Å². The van der Waals surface area contributed by atoms with E-state index in [1.165, 1.54) is 4.57 Å². The summed E-state index contributed by atoms with van der Waals surface area (Å²) in [5, 5.41) is 2.98. The smallest absolute Gasteiger partial charge is 0.278 e. The van der Waals surface area contributed by atoms with Crippen LogP contribution in [-0.2, 0) is 7.05 Å². The molecule has 0 spiro atoms. The maximum atomic E-state index is 12.7. The number of benzene rings is 2. The van der Waals surface area contributed by atoms with E-state index in [0.29, 0.717) is 28.0 Å². The van der Waals surface area contributed by atoms with Gasteiger partial charge in [0.15, 0.2) is 5.65 Å². The van der Waals surface area contributed by atoms with Crippen molar-refractivity contribution in [2.75, 3.05) is 7.11 Å². The predicted molar refractivity (Wildman–Crippen MR) is 119 cm³/mol. The van der Waals surface area contributed by atoms with Gasteiger partial charge in [-0.15, -0.1) is 0 Å². The number of carbonyl (C=O) groups excluding carboxylic acids is 1. The molecule has 1 N–H and O–H groups in total. The van der Waals surface area contributed by atoms with Crippen LogP contribution in [0.3, 0.4) is 0 Å². The van der Waals surface area contributed by atoms with Gasteiger partial charge >= 0.3 is 0 Å². The fourth-order valence-corrected chi connectivity index (χ4v) is 3.38. The van der Waals surface area contributed by atoms with Gasteiger partial charge < -0.3 is 10.1 Å². The molecule has 7 nitrogen and oxygen atoms in total. The lowest BCUT2D eigenvalue weighted by Gasteiger charge is -2.15. The molecule has 0 aliphatic carbocycles. The highest BCUT2D eigenvalue weighted by Gasteiger charge is 2.14. The number of hydrogen-bond acceptors (Lipinski definition) is 5. The highest BCUT2D eigenvalue weighted by atomic mass is 16.5. The predicted octanol–water partition coefficient (Wildman–Crippen LogP) is 3.50. The van der Waals surface area contributed by atoms with Crippen molar-refractivity contribution in [2.45, 2.75) is 13.0 Å². The van der Waals surface area contributed by atoms with Crippen LogP contribution in [0.5, 0.6) is 5.75 Å². The SMILES string of the molecule is COc1ccc([C@H](C)NC(=O)c2ccc(-c3nc4cccnc4n(C)c3=O)cc2)cc1. The molecule has 2 aromatic carbocycles. The van der Waals surface area contributed by atoms with Gasteiger partial charge in [0.1, 0.15) is 17.0 Å². The number of aromatic nitrogens is 3. The third-order valence-corrected chi connectivity index (χ3v) is 5.21. The Hall–Kier alpha value is -4.00. The Kier molecular flexibility index (Phi) is 5.49. The first-order valence-corrected chi connectivity index (χ1v) is 9.85. The molecule has 4 rings (SSSR count). The molecule has 0 aliphatic heterocycles. The monoisotopic (exact) mass is 414 g/mol. The molecule has 2 aromatic heterocycles. The molecule has 1 amide bonds. The molecule has 156 valence electrons. The normalized spacial score (nSPS) is 11.8. The summed E-state index contributed by atoms with van der Waals surface area (Å²) in [6.45, 7) is 1.92. The highest BCUT2D eigenvalue weighted by molar-refractivity contribution is 5.95. The first kappa shape index (κ1) is 20.3. The second-order valence-corrected chi connectivity index (χ2v) is 7.22. The second kappa shape index (κ2) is 8.39. The van der Waals surface area contributed by atoms with Gasteiger partial charge in [-0.3, -0.25) is 14.2 Å². The van der Waals surface area contributed by atoms with Gasteiger partial charge in [-0.1, -0.05) is 24.3 Å². The summed E-state index contributed by atoms with van der Waals surface area (Å²) < 4.78 is 6.65. The lowest BCUT2D eigenvalue weighted by molar-refractivity contribution is 0.0940. The minimum absolute atomic E-state index is 0.167. The largest absolute Gasteiger partial charge is 0.497 e. The standard InChI is InChI=1S/C24H22N4O3/c1-15(16-10-12-19(31-3)13-11-16)26-23(29)18-8-6-17(7-9-18)21-24(30)28(2)22-20(27-21)5-4-14-25-22/h4-15H,1-3H3,(H,26,29)/t15-/m0/s1. The summed E-state index contributed by atoms with van der Waals surface area (Å²) in [5.41, 5.74) is 3.37. The Morgan fingerprint density at radius 3 is 2.45 bits per heavy atom. The molecule has 1 atom stereocenters. The molecular formula is C24H22N4O3. The summed E-state index contributed by atoms with van der Waals surface area (Å²) >= 11 is 0. The van der Waals surface area contributed by atoms with Gasteiger partial charge in [0.05, 0.1) is 13.2 Å². The van der Waals surface area contributed by atoms with Crippen molar-refractivity contribution >= 4 is 17.1 Å². The summed E-state index contributed by atoms with van der Waals surface area (Å²) in [5.74, 6) is 0.570. The van der Waals surface area contributed by atoms with Crippen LogP contribution in [0.15, 0.2) is 71.7 Å². The lowest BCUT2D eigenvalue weighted by Crippen LogP contribution is -2.26. The molecule has 0 unspecified atom stereocenters. The molecule has 31 heavy (non-hydrogen) atoms. The summed E-state index contributed by atoms with van der Waals surface area (Å²) in [4.78, 5) is 34.1. The van der Waals surface area contributed by atoms with Gasteiger partial charge in [-0.25, -0.2) is 9.97 Å². The quantitative estimate of drug-likeness (QED) is 0.540. The number of hydrogen-bond donors (Lipinski definition) is 1. The number of nitrogens with one attached hydrogen (secondary N) is 1. The van der Waals surface area contributed by atoms with Crippen molar-refractivity contribution in [3.8, 4) is 17.0 Å². The van der Waals surface area contributed by atoms with Crippen molar-refractivity contribution in [2.24, 2.45) is 7.05 Å². The average molecular weight is 414 g/mol. The molecule has 0 bridgehead atoms. The van der Waals surface area contributed by atoms with Crippen LogP contribution in [0.2, 0.25) is 0 Å². The van der Waals surface area contributed by atoms with Gasteiger partial charge in [0, 0.05) is 24.4 Å². The van der Waals surface area contributed by atoms with E-state index in [9.17, 15) is 9.59 Å². The van der Waals surface area contributed by atoms with Gasteiger partial charge in [-0.2, -0.15) is 0 Å². The zero-order valence-electron chi connectivity index (χ0n) is 17.5. The van der Waals surface area contributed by atoms with Crippen LogP contribution in [0.1, 0.15) is 28.9 Å². The number of nitrogens with zero attached hydrogens (tertiary/aromatic N) is 3. The minimum atomic E-state index is -0.239. The van der Waals surface area contributed by atoms with E-state index in [0.717, 1.165) is 11.3 Å². The molecule has 0 saturated carbocycles. The third-order valence-electron chi connectivity index (χ3n) is 5.21. The van der Waals surface area contributed by atoms with Crippen LogP contribution in [0.4, 0.5) is 0 Å². The number of fused-ring (bicyclic) bond motifs is 1. The van der Waals surface area contributed by atoms with Crippen molar-refractivity contribution in [3.05, 3.63) is 88.3 Å². The topological polar surface area (TPSA) is 86.1 Å². The Bertz CT molecular complexity index is 1300. The third kappa shape index (κ3) is 4.02. The fourth-order valence-electron chi connectivity index (χ4n) is 3.38. The average Bonchev–Trinajstić information content (AvgIpc) is 2.81. The molecule has 4 aromatic rings. The minimum Gasteiger partial charge on any atom is -0.497 e. The summed E-state index contributed by atoms with van der Waals surface area (Å²) in [7, 11) is 3.29. The van der Waals surface area contributed by atoms with Gasteiger partial charge in [0.2, 0.25) is 0 Å². The zero-order valence-corrected chi connectivity index (χ0v) is 17.5. The number of pyridine rings is 1. The fraction of sp³-hybridized carbons (Fsp3) is 0.167. The number of rotatable bonds is 5. The van der Waals surface area contributed by atoms with E-state index in [-0.39, 0.29) is 17.5 Å². The Labute approximate surface area is 179 Å². The Balaban J connectivity index is 1.55. The van der Waals surface area contributed by atoms with Crippen LogP contribution >= 0.6 is 0 Å². The van der Waals surface area contributed by atoms with Crippen molar-refractivity contribution in [1.82, 2.24) is 19.9 Å². The molecule has 2 heterocycles.